The van der Waals surface area contributed by atoms with E-state index >= 15 is 0 Å². The van der Waals surface area contributed by atoms with Crippen molar-refractivity contribution in [3.63, 3.8) is 0 Å². The molecule has 0 spiro atoms. The number of hydrogen-bond acceptors (Lipinski definition) is 0. The van der Waals surface area contributed by atoms with Gasteiger partial charge in [-0.1, -0.05) is 19.9 Å². The summed E-state index contributed by atoms with van der Waals surface area (Å²) in [5.74, 6) is 1.37. The Kier molecular flexibility index (Phi) is 4.47. The normalized spacial score (nSPS) is 8.20. The van der Waals surface area contributed by atoms with E-state index in [1.807, 2.05) is 6.07 Å². The molecule has 1 aromatic carbocycles. The third-order valence-electron chi connectivity index (χ3n) is 1.35. The molecule has 0 aliphatic heterocycles. The molecule has 0 unspecified atom stereocenters. The van der Waals surface area contributed by atoms with Gasteiger partial charge in [-0.2, -0.15) is 23.6 Å². The van der Waals surface area contributed by atoms with Crippen molar-refractivity contribution < 1.29 is 21.1 Å². The molecule has 10 heavy (non-hydrogen) atoms. The topological polar surface area (TPSA) is 0 Å². The minimum absolute atomic E-state index is 0. The molecule has 0 amide bonds. The molecule has 0 N–H and O–H groups in total. The Labute approximate surface area is 76.9 Å². The summed E-state index contributed by atoms with van der Waals surface area (Å²) in [6, 6.07) is 10.4. The zero-order valence-corrected chi connectivity index (χ0v) is 9.23. The van der Waals surface area contributed by atoms with E-state index in [-0.39, 0.29) is 21.1 Å². The SMILES string of the molecule is C[C-](C)c1ccccc1.[W]. The molecule has 0 aromatic heterocycles. The van der Waals surface area contributed by atoms with Crippen LogP contribution < -0.4 is 0 Å². The molecule has 1 heteroatoms. The van der Waals surface area contributed by atoms with Gasteiger partial charge in [0.05, 0.1) is 0 Å². The van der Waals surface area contributed by atoms with Gasteiger partial charge >= 0.3 is 0 Å². The molecular formula is C9H11W-. The Morgan fingerprint density at radius 3 is 1.80 bits per heavy atom. The smallest absolute Gasteiger partial charge is 0 e. The van der Waals surface area contributed by atoms with Crippen LogP contribution in [0, 0.1) is 5.92 Å². The van der Waals surface area contributed by atoms with Crippen LogP contribution in [0.15, 0.2) is 30.3 Å². The Balaban J connectivity index is 0.000000810. The summed E-state index contributed by atoms with van der Waals surface area (Å²) in [6.07, 6.45) is 0. The Bertz CT molecular complexity index is 167. The van der Waals surface area contributed by atoms with E-state index in [9.17, 15) is 0 Å². The van der Waals surface area contributed by atoms with Gasteiger partial charge in [-0.3, -0.25) is 0 Å². The van der Waals surface area contributed by atoms with E-state index in [0.717, 1.165) is 0 Å². The minimum Gasteiger partial charge on any atom is -0.189 e. The molecule has 0 atom stereocenters. The van der Waals surface area contributed by atoms with Crippen molar-refractivity contribution in [2.45, 2.75) is 13.8 Å². The maximum absolute atomic E-state index is 2.12. The van der Waals surface area contributed by atoms with Gasteiger partial charge in [-0.25, -0.2) is 0 Å². The fourth-order valence-corrected chi connectivity index (χ4v) is 0.771. The molecule has 54 valence electrons. The van der Waals surface area contributed by atoms with Gasteiger partial charge in [0.25, 0.3) is 0 Å². The quantitative estimate of drug-likeness (QED) is 0.700. The average Bonchev–Trinajstić information content (AvgIpc) is 1.90. The van der Waals surface area contributed by atoms with Crippen LogP contribution in [-0.2, 0) is 21.1 Å². The second-order valence-corrected chi connectivity index (χ2v) is 2.37. The van der Waals surface area contributed by atoms with E-state index < -0.39 is 0 Å². The number of hydrogen-bond donors (Lipinski definition) is 0. The molecule has 0 fully saturated rings. The second-order valence-electron chi connectivity index (χ2n) is 2.37. The largest absolute Gasteiger partial charge is 0.189 e. The van der Waals surface area contributed by atoms with E-state index in [1.165, 1.54) is 11.5 Å². The predicted molar refractivity (Wildman–Crippen MR) is 40.1 cm³/mol. The van der Waals surface area contributed by atoms with E-state index in [4.69, 9.17) is 0 Å². The zero-order valence-electron chi connectivity index (χ0n) is 6.29. The Morgan fingerprint density at radius 1 is 1.00 bits per heavy atom. The van der Waals surface area contributed by atoms with Crippen LogP contribution in [0.3, 0.4) is 0 Å². The first-order valence-electron chi connectivity index (χ1n) is 3.16. The van der Waals surface area contributed by atoms with E-state index in [0.29, 0.717) is 0 Å². The predicted octanol–water partition coefficient (Wildman–Crippen LogP) is 2.65. The maximum atomic E-state index is 2.12. The molecule has 0 aliphatic rings. The standard InChI is InChI=1S/C9H11.W/c1-8(2)9-6-4-3-5-7-9;/h3-7H,1-2H3;/q-1;. The molecule has 0 nitrogen and oxygen atoms in total. The summed E-state index contributed by atoms with van der Waals surface area (Å²) in [7, 11) is 0. The summed E-state index contributed by atoms with van der Waals surface area (Å²) in [4.78, 5) is 0. The first kappa shape index (κ1) is 9.78. The summed E-state index contributed by atoms with van der Waals surface area (Å²) in [5.41, 5.74) is 1.33. The van der Waals surface area contributed by atoms with Crippen LogP contribution in [0.25, 0.3) is 0 Å². The van der Waals surface area contributed by atoms with Gasteiger partial charge in [-0.15, -0.1) is 12.1 Å². The summed E-state index contributed by atoms with van der Waals surface area (Å²) >= 11 is 0. The van der Waals surface area contributed by atoms with E-state index in [1.54, 1.807) is 0 Å². The molecule has 0 radical (unpaired) electrons. The molecular weight excluding hydrogens is 292 g/mol. The van der Waals surface area contributed by atoms with Gasteiger partial charge in [0.15, 0.2) is 0 Å². The third kappa shape index (κ3) is 2.58. The molecule has 1 rings (SSSR count). The van der Waals surface area contributed by atoms with Crippen molar-refractivity contribution in [1.82, 2.24) is 0 Å². The molecule has 0 bridgehead atoms. The summed E-state index contributed by atoms with van der Waals surface area (Å²) in [6.45, 7) is 4.24. The van der Waals surface area contributed by atoms with Crippen LogP contribution in [0.5, 0.6) is 0 Å². The van der Waals surface area contributed by atoms with Crippen LogP contribution in [-0.4, -0.2) is 0 Å². The van der Waals surface area contributed by atoms with Crippen LogP contribution in [0.2, 0.25) is 0 Å². The monoisotopic (exact) mass is 303 g/mol. The summed E-state index contributed by atoms with van der Waals surface area (Å²) in [5, 5.41) is 0. The van der Waals surface area contributed by atoms with E-state index in [2.05, 4.69) is 38.1 Å². The van der Waals surface area contributed by atoms with Gasteiger partial charge in [0.2, 0.25) is 0 Å². The molecule has 0 saturated heterocycles. The Morgan fingerprint density at radius 2 is 1.50 bits per heavy atom. The minimum atomic E-state index is 0. The first-order chi connectivity index (χ1) is 4.30. The maximum Gasteiger partial charge on any atom is 0 e. The molecule has 1 aromatic rings. The summed E-state index contributed by atoms with van der Waals surface area (Å²) < 4.78 is 0. The van der Waals surface area contributed by atoms with Crippen molar-refractivity contribution in [3.8, 4) is 0 Å². The average molecular weight is 303 g/mol. The van der Waals surface area contributed by atoms with Gasteiger partial charge in [0.1, 0.15) is 0 Å². The number of rotatable bonds is 1. The van der Waals surface area contributed by atoms with Crippen molar-refractivity contribution in [2.24, 2.45) is 0 Å². The number of benzene rings is 1. The zero-order chi connectivity index (χ0) is 6.69. The van der Waals surface area contributed by atoms with Crippen molar-refractivity contribution >= 4 is 0 Å². The van der Waals surface area contributed by atoms with Crippen LogP contribution >= 0.6 is 0 Å². The first-order valence-corrected chi connectivity index (χ1v) is 3.16. The third-order valence-corrected chi connectivity index (χ3v) is 1.35. The molecule has 0 aliphatic carbocycles. The van der Waals surface area contributed by atoms with Crippen LogP contribution in [0.4, 0.5) is 0 Å². The van der Waals surface area contributed by atoms with Crippen molar-refractivity contribution in [3.05, 3.63) is 41.8 Å². The fraction of sp³-hybridized carbons (Fsp3) is 0.222. The fourth-order valence-electron chi connectivity index (χ4n) is 0.771. The van der Waals surface area contributed by atoms with Gasteiger partial charge < -0.3 is 0 Å². The van der Waals surface area contributed by atoms with Gasteiger partial charge in [0, 0.05) is 21.1 Å². The second kappa shape index (κ2) is 4.57. The molecule has 0 saturated carbocycles. The van der Waals surface area contributed by atoms with Crippen molar-refractivity contribution in [2.75, 3.05) is 0 Å². The van der Waals surface area contributed by atoms with Gasteiger partial charge in [-0.05, 0) is 0 Å². The molecule has 0 heterocycles. The van der Waals surface area contributed by atoms with Crippen molar-refractivity contribution in [1.29, 1.82) is 0 Å². The van der Waals surface area contributed by atoms with Crippen LogP contribution in [0.1, 0.15) is 19.4 Å². The Hall–Kier alpha value is -0.222.